The molecule has 2 atom stereocenters. The van der Waals surface area contributed by atoms with Crippen molar-refractivity contribution < 1.29 is 9.47 Å². The van der Waals surface area contributed by atoms with Crippen LogP contribution >= 0.6 is 12.4 Å². The highest BCUT2D eigenvalue weighted by atomic mass is 35.5. The third-order valence-corrected chi connectivity index (χ3v) is 3.44. The normalized spacial score (nSPS) is 22.4. The van der Waals surface area contributed by atoms with Gasteiger partial charge in [-0.1, -0.05) is 0 Å². The third-order valence-electron chi connectivity index (χ3n) is 3.44. The highest BCUT2D eigenvalue weighted by molar-refractivity contribution is 5.85. The minimum Gasteiger partial charge on any atom is -0.494 e. The molecule has 1 saturated heterocycles. The molecule has 0 aliphatic carbocycles. The van der Waals surface area contributed by atoms with Gasteiger partial charge < -0.3 is 14.8 Å². The number of halogens is 1. The van der Waals surface area contributed by atoms with E-state index in [-0.39, 0.29) is 12.4 Å². The molecule has 0 spiro atoms. The molecule has 1 aromatic rings. The molecule has 21 heavy (non-hydrogen) atoms. The van der Waals surface area contributed by atoms with Gasteiger partial charge in [-0.3, -0.25) is 4.90 Å². The number of piperazine rings is 1. The summed E-state index contributed by atoms with van der Waals surface area (Å²) in [7, 11) is 0. The van der Waals surface area contributed by atoms with E-state index in [9.17, 15) is 0 Å². The molecule has 4 nitrogen and oxygen atoms in total. The topological polar surface area (TPSA) is 33.7 Å². The number of rotatable bonds is 6. The smallest absolute Gasteiger partial charge is 0.119 e. The summed E-state index contributed by atoms with van der Waals surface area (Å²) >= 11 is 0. The van der Waals surface area contributed by atoms with Crippen LogP contribution in [0.5, 0.6) is 11.5 Å². The van der Waals surface area contributed by atoms with Gasteiger partial charge >= 0.3 is 0 Å². The van der Waals surface area contributed by atoms with E-state index in [4.69, 9.17) is 9.47 Å². The standard InChI is InChI=1S/C16H26N2O2.ClH/c1-4-19-15-5-7-16(8-6-15)20-10-9-18-11-13(2)17-14(3)12-18;/h5-8,13-14,17H,4,9-12H2,1-3H3;1H. The van der Waals surface area contributed by atoms with E-state index < -0.39 is 0 Å². The molecule has 1 aromatic carbocycles. The van der Waals surface area contributed by atoms with Crippen LogP contribution in [0.25, 0.3) is 0 Å². The van der Waals surface area contributed by atoms with Crippen LogP contribution in [0, 0.1) is 0 Å². The molecule has 5 heteroatoms. The van der Waals surface area contributed by atoms with Crippen LogP contribution in [0.2, 0.25) is 0 Å². The lowest BCUT2D eigenvalue weighted by Gasteiger charge is -2.35. The number of hydrogen-bond acceptors (Lipinski definition) is 4. The Morgan fingerprint density at radius 1 is 1.05 bits per heavy atom. The van der Waals surface area contributed by atoms with E-state index >= 15 is 0 Å². The summed E-state index contributed by atoms with van der Waals surface area (Å²) < 4.78 is 11.2. The third kappa shape index (κ3) is 6.12. The molecule has 0 aromatic heterocycles. The molecule has 120 valence electrons. The molecule has 1 N–H and O–H groups in total. The van der Waals surface area contributed by atoms with Gasteiger partial charge in [0.25, 0.3) is 0 Å². The Kier molecular flexibility index (Phi) is 7.86. The van der Waals surface area contributed by atoms with Crippen LogP contribution in [0.1, 0.15) is 20.8 Å². The molecule has 2 unspecified atom stereocenters. The van der Waals surface area contributed by atoms with E-state index in [2.05, 4.69) is 24.1 Å². The summed E-state index contributed by atoms with van der Waals surface area (Å²) in [6.45, 7) is 11.0. The van der Waals surface area contributed by atoms with Crippen LogP contribution in [0.4, 0.5) is 0 Å². The van der Waals surface area contributed by atoms with E-state index in [1.54, 1.807) is 0 Å². The maximum atomic E-state index is 5.79. The first-order valence-corrected chi connectivity index (χ1v) is 7.51. The van der Waals surface area contributed by atoms with Gasteiger partial charge in [0.05, 0.1) is 6.61 Å². The fraction of sp³-hybridized carbons (Fsp3) is 0.625. The van der Waals surface area contributed by atoms with Gasteiger partial charge in [-0.2, -0.15) is 0 Å². The number of benzene rings is 1. The van der Waals surface area contributed by atoms with Crippen molar-refractivity contribution in [1.82, 2.24) is 10.2 Å². The Bertz CT molecular complexity index is 390. The Balaban J connectivity index is 0.00000220. The maximum Gasteiger partial charge on any atom is 0.119 e. The van der Waals surface area contributed by atoms with Gasteiger partial charge in [0, 0.05) is 31.7 Å². The lowest BCUT2D eigenvalue weighted by molar-refractivity contribution is 0.146. The van der Waals surface area contributed by atoms with Gasteiger partial charge in [0.15, 0.2) is 0 Å². The van der Waals surface area contributed by atoms with Crippen LogP contribution in [0.3, 0.4) is 0 Å². The molecule has 1 fully saturated rings. The molecule has 0 bridgehead atoms. The average molecular weight is 315 g/mol. The molecule has 1 aliphatic heterocycles. The first kappa shape index (κ1) is 18.1. The van der Waals surface area contributed by atoms with Crippen molar-refractivity contribution in [2.45, 2.75) is 32.9 Å². The van der Waals surface area contributed by atoms with Gasteiger partial charge in [-0.05, 0) is 45.0 Å². The Labute approximate surface area is 134 Å². The second-order valence-corrected chi connectivity index (χ2v) is 5.48. The minimum atomic E-state index is 0. The number of nitrogens with zero attached hydrogens (tertiary/aromatic N) is 1. The zero-order chi connectivity index (χ0) is 14.4. The highest BCUT2D eigenvalue weighted by Crippen LogP contribution is 2.17. The minimum absolute atomic E-state index is 0. The summed E-state index contributed by atoms with van der Waals surface area (Å²) in [6, 6.07) is 8.96. The lowest BCUT2D eigenvalue weighted by atomic mass is 10.1. The summed E-state index contributed by atoms with van der Waals surface area (Å²) in [5.41, 5.74) is 0. The van der Waals surface area contributed by atoms with E-state index in [0.29, 0.717) is 18.7 Å². The summed E-state index contributed by atoms with van der Waals surface area (Å²) in [5.74, 6) is 1.80. The molecular formula is C16H27ClN2O2. The van der Waals surface area contributed by atoms with Gasteiger partial charge in [-0.25, -0.2) is 0 Å². The lowest BCUT2D eigenvalue weighted by Crippen LogP contribution is -2.54. The zero-order valence-electron chi connectivity index (χ0n) is 13.2. The molecule has 0 saturated carbocycles. The fourth-order valence-corrected chi connectivity index (χ4v) is 2.71. The van der Waals surface area contributed by atoms with Crippen molar-refractivity contribution >= 4 is 12.4 Å². The summed E-state index contributed by atoms with van der Waals surface area (Å²) in [5, 5.41) is 3.54. The Morgan fingerprint density at radius 3 is 2.10 bits per heavy atom. The second-order valence-electron chi connectivity index (χ2n) is 5.48. The van der Waals surface area contributed by atoms with E-state index in [1.807, 2.05) is 31.2 Å². The van der Waals surface area contributed by atoms with Crippen molar-refractivity contribution in [3.05, 3.63) is 24.3 Å². The highest BCUT2D eigenvalue weighted by Gasteiger charge is 2.20. The van der Waals surface area contributed by atoms with Crippen molar-refractivity contribution in [3.63, 3.8) is 0 Å². The molecule has 1 heterocycles. The Hall–Kier alpha value is -0.970. The number of nitrogens with one attached hydrogen (secondary N) is 1. The van der Waals surface area contributed by atoms with Crippen molar-refractivity contribution in [2.75, 3.05) is 32.8 Å². The SMILES string of the molecule is CCOc1ccc(OCCN2CC(C)NC(C)C2)cc1.Cl. The van der Waals surface area contributed by atoms with Crippen molar-refractivity contribution in [2.24, 2.45) is 0 Å². The van der Waals surface area contributed by atoms with Gasteiger partial charge in [0.1, 0.15) is 18.1 Å². The molecule has 1 aliphatic rings. The van der Waals surface area contributed by atoms with Gasteiger partial charge in [0.2, 0.25) is 0 Å². The predicted octanol–water partition coefficient (Wildman–Crippen LogP) is 2.57. The first-order chi connectivity index (χ1) is 9.67. The molecule has 0 amide bonds. The second kappa shape index (κ2) is 9.13. The molecule has 0 radical (unpaired) electrons. The summed E-state index contributed by atoms with van der Waals surface area (Å²) in [6.07, 6.45) is 0. The first-order valence-electron chi connectivity index (χ1n) is 7.51. The number of ether oxygens (including phenoxy) is 2. The van der Waals surface area contributed by atoms with Crippen LogP contribution in [-0.4, -0.2) is 49.8 Å². The van der Waals surface area contributed by atoms with E-state index in [1.165, 1.54) is 0 Å². The van der Waals surface area contributed by atoms with Gasteiger partial charge in [-0.15, -0.1) is 12.4 Å². The number of hydrogen-bond donors (Lipinski definition) is 1. The average Bonchev–Trinajstić information content (AvgIpc) is 2.40. The summed E-state index contributed by atoms with van der Waals surface area (Å²) in [4.78, 5) is 2.46. The van der Waals surface area contributed by atoms with Crippen molar-refractivity contribution in [3.8, 4) is 11.5 Å². The molecular weight excluding hydrogens is 288 g/mol. The van der Waals surface area contributed by atoms with Crippen LogP contribution < -0.4 is 14.8 Å². The monoisotopic (exact) mass is 314 g/mol. The van der Waals surface area contributed by atoms with Crippen LogP contribution in [-0.2, 0) is 0 Å². The molecule has 2 rings (SSSR count). The fourth-order valence-electron chi connectivity index (χ4n) is 2.71. The maximum absolute atomic E-state index is 5.79. The van der Waals surface area contributed by atoms with Crippen LogP contribution in [0.15, 0.2) is 24.3 Å². The quantitative estimate of drug-likeness (QED) is 0.875. The Morgan fingerprint density at radius 2 is 1.57 bits per heavy atom. The zero-order valence-corrected chi connectivity index (χ0v) is 14.0. The van der Waals surface area contributed by atoms with E-state index in [0.717, 1.165) is 37.7 Å². The predicted molar refractivity (Wildman–Crippen MR) is 88.9 cm³/mol. The van der Waals surface area contributed by atoms with Crippen molar-refractivity contribution in [1.29, 1.82) is 0 Å². The largest absolute Gasteiger partial charge is 0.494 e.